The number of hydrazine groups is 1. The molecule has 0 bridgehead atoms. The van der Waals surface area contributed by atoms with Crippen molar-refractivity contribution in [1.82, 2.24) is 25.6 Å². The van der Waals surface area contributed by atoms with E-state index in [1.165, 1.54) is 11.8 Å². The molecule has 0 aliphatic rings. The average molecular weight is 444 g/mol. The first-order valence-electron chi connectivity index (χ1n) is 9.34. The van der Waals surface area contributed by atoms with Crippen molar-refractivity contribution in [2.24, 2.45) is 0 Å². The van der Waals surface area contributed by atoms with Crippen molar-refractivity contribution in [2.75, 3.05) is 5.75 Å². The summed E-state index contributed by atoms with van der Waals surface area (Å²) in [6.07, 6.45) is 1.84. The van der Waals surface area contributed by atoms with Gasteiger partial charge in [-0.05, 0) is 67.9 Å². The number of rotatable bonds is 8. The zero-order valence-electron chi connectivity index (χ0n) is 16.6. The Morgan fingerprint density at radius 1 is 1.13 bits per heavy atom. The van der Waals surface area contributed by atoms with Gasteiger partial charge in [0.1, 0.15) is 5.75 Å². The van der Waals surface area contributed by atoms with Gasteiger partial charge in [-0.25, -0.2) is 0 Å². The molecule has 1 amide bonds. The summed E-state index contributed by atoms with van der Waals surface area (Å²) in [4.78, 5) is 12.3. The van der Waals surface area contributed by atoms with Crippen molar-refractivity contribution in [1.29, 1.82) is 0 Å². The van der Waals surface area contributed by atoms with Crippen molar-refractivity contribution >= 4 is 35.0 Å². The van der Waals surface area contributed by atoms with Crippen molar-refractivity contribution in [3.63, 3.8) is 0 Å². The number of carbonyl (C=O) groups excluding carboxylic acids is 1. The Balaban J connectivity index is 1.59. The summed E-state index contributed by atoms with van der Waals surface area (Å²) >= 11 is 7.27. The second kappa shape index (κ2) is 10.2. The molecule has 9 heteroatoms. The number of aromatic hydroxyl groups is 1. The van der Waals surface area contributed by atoms with E-state index in [-0.39, 0.29) is 17.4 Å². The van der Waals surface area contributed by atoms with Crippen LogP contribution in [0, 0.1) is 0 Å². The fourth-order valence-corrected chi connectivity index (χ4v) is 3.68. The highest BCUT2D eigenvalue weighted by Gasteiger charge is 2.14. The minimum absolute atomic E-state index is 0.179. The highest BCUT2D eigenvalue weighted by molar-refractivity contribution is 7.99. The fraction of sp³-hybridized carbons (Fsp3) is 0.190. The predicted molar refractivity (Wildman–Crippen MR) is 120 cm³/mol. The maximum atomic E-state index is 12.3. The summed E-state index contributed by atoms with van der Waals surface area (Å²) in [5.74, 6) is 0.904. The maximum Gasteiger partial charge on any atom is 0.248 e. The van der Waals surface area contributed by atoms with E-state index in [2.05, 4.69) is 21.0 Å². The van der Waals surface area contributed by atoms with E-state index in [1.807, 2.05) is 48.8 Å². The number of benzene rings is 2. The first-order valence-corrected chi connectivity index (χ1v) is 10.7. The highest BCUT2D eigenvalue weighted by atomic mass is 35.5. The Morgan fingerprint density at radius 2 is 1.83 bits per heavy atom. The van der Waals surface area contributed by atoms with E-state index < -0.39 is 0 Å². The Labute approximate surface area is 184 Å². The van der Waals surface area contributed by atoms with Gasteiger partial charge in [-0.15, -0.1) is 10.2 Å². The highest BCUT2D eigenvalue weighted by Crippen LogP contribution is 2.25. The summed E-state index contributed by atoms with van der Waals surface area (Å²) in [6.45, 7) is 4.54. The van der Waals surface area contributed by atoms with Crippen LogP contribution in [-0.4, -0.2) is 31.5 Å². The van der Waals surface area contributed by atoms with Crippen LogP contribution in [0.3, 0.4) is 0 Å². The number of thioether (sulfide) groups is 1. The van der Waals surface area contributed by atoms with Crippen molar-refractivity contribution in [3.05, 3.63) is 65.2 Å². The topological polar surface area (TPSA) is 92.1 Å². The molecule has 3 rings (SSSR count). The number of phenolic OH excluding ortho intramolecular Hbond substituents is 1. The normalized spacial score (nSPS) is 11.4. The number of nitrogens with one attached hydrogen (secondary N) is 2. The van der Waals surface area contributed by atoms with Crippen LogP contribution >= 0.6 is 23.4 Å². The van der Waals surface area contributed by atoms with E-state index in [0.29, 0.717) is 16.7 Å². The molecular weight excluding hydrogens is 422 g/mol. The molecule has 0 aliphatic heterocycles. The van der Waals surface area contributed by atoms with E-state index in [4.69, 9.17) is 11.6 Å². The number of allylic oxidation sites excluding steroid dienone is 1. The molecular formula is C21H22ClN5O2S. The third kappa shape index (κ3) is 5.34. The molecule has 1 aromatic heterocycles. The molecule has 0 saturated carbocycles. The lowest BCUT2D eigenvalue weighted by Gasteiger charge is -2.12. The van der Waals surface area contributed by atoms with Crippen LogP contribution < -0.4 is 10.9 Å². The monoisotopic (exact) mass is 443 g/mol. The van der Waals surface area contributed by atoms with E-state index >= 15 is 0 Å². The van der Waals surface area contributed by atoms with Gasteiger partial charge in [-0.1, -0.05) is 29.4 Å². The average Bonchev–Trinajstić information content (AvgIpc) is 3.17. The standard InChI is InChI=1S/C21H22ClN5O2S/c1-3-18(14-7-11-17(28)12-8-14)23-24-19(29)13-30-21-26-25-20(27(21)4-2)15-5-9-16(22)10-6-15/h3,5-12,23,28H,4,13H2,1-2H3,(H,24,29)/b18-3+. The summed E-state index contributed by atoms with van der Waals surface area (Å²) in [5, 5.41) is 19.2. The minimum atomic E-state index is -0.197. The lowest BCUT2D eigenvalue weighted by molar-refractivity contribution is -0.119. The molecule has 0 fully saturated rings. The maximum absolute atomic E-state index is 12.3. The van der Waals surface area contributed by atoms with Crippen LogP contribution in [-0.2, 0) is 11.3 Å². The van der Waals surface area contributed by atoms with Gasteiger partial charge in [0.2, 0.25) is 5.91 Å². The number of phenols is 1. The van der Waals surface area contributed by atoms with Crippen molar-refractivity contribution in [3.8, 4) is 17.1 Å². The third-order valence-electron chi connectivity index (χ3n) is 4.27. The lowest BCUT2D eigenvalue weighted by Crippen LogP contribution is -2.37. The fourth-order valence-electron chi connectivity index (χ4n) is 2.75. The molecule has 3 aromatic rings. The number of hydrogen-bond acceptors (Lipinski definition) is 6. The third-order valence-corrected chi connectivity index (χ3v) is 5.49. The molecule has 7 nitrogen and oxygen atoms in total. The summed E-state index contributed by atoms with van der Waals surface area (Å²) in [5.41, 5.74) is 8.10. The Morgan fingerprint density at radius 3 is 2.47 bits per heavy atom. The molecule has 0 aliphatic carbocycles. The van der Waals surface area contributed by atoms with Gasteiger partial charge < -0.3 is 9.67 Å². The van der Waals surface area contributed by atoms with E-state index in [9.17, 15) is 9.90 Å². The molecule has 156 valence electrons. The minimum Gasteiger partial charge on any atom is -0.508 e. The van der Waals surface area contributed by atoms with Crippen LogP contribution in [0.1, 0.15) is 19.4 Å². The van der Waals surface area contributed by atoms with Gasteiger partial charge in [0.05, 0.1) is 11.4 Å². The Hall–Kier alpha value is -2.97. The molecule has 1 heterocycles. The van der Waals surface area contributed by atoms with Crippen LogP contribution in [0.2, 0.25) is 5.02 Å². The van der Waals surface area contributed by atoms with Gasteiger partial charge in [-0.3, -0.25) is 15.6 Å². The van der Waals surface area contributed by atoms with Gasteiger partial charge in [-0.2, -0.15) is 0 Å². The predicted octanol–water partition coefficient (Wildman–Crippen LogP) is 4.10. The summed E-state index contributed by atoms with van der Waals surface area (Å²) in [6, 6.07) is 14.1. The molecule has 0 radical (unpaired) electrons. The van der Waals surface area contributed by atoms with Crippen LogP contribution in [0.25, 0.3) is 17.1 Å². The first kappa shape index (κ1) is 21.7. The van der Waals surface area contributed by atoms with Crippen LogP contribution in [0.15, 0.2) is 59.8 Å². The SMILES string of the molecule is C/C=C(/NNC(=O)CSc1nnc(-c2ccc(Cl)cc2)n1CC)c1ccc(O)cc1. The zero-order chi connectivity index (χ0) is 21.5. The van der Waals surface area contributed by atoms with Crippen LogP contribution in [0.4, 0.5) is 0 Å². The molecule has 30 heavy (non-hydrogen) atoms. The number of aromatic nitrogens is 3. The summed E-state index contributed by atoms with van der Waals surface area (Å²) < 4.78 is 1.96. The number of hydrogen-bond donors (Lipinski definition) is 3. The Bertz CT molecular complexity index is 1030. The second-order valence-electron chi connectivity index (χ2n) is 6.27. The molecule has 3 N–H and O–H groups in total. The number of nitrogens with zero attached hydrogens (tertiary/aromatic N) is 3. The van der Waals surface area contributed by atoms with Crippen LogP contribution in [0.5, 0.6) is 5.75 Å². The second-order valence-corrected chi connectivity index (χ2v) is 7.65. The van der Waals surface area contributed by atoms with Gasteiger partial charge >= 0.3 is 0 Å². The molecule has 0 unspecified atom stereocenters. The molecule has 0 atom stereocenters. The van der Waals surface area contributed by atoms with Crippen molar-refractivity contribution < 1.29 is 9.90 Å². The largest absolute Gasteiger partial charge is 0.508 e. The zero-order valence-corrected chi connectivity index (χ0v) is 18.2. The smallest absolute Gasteiger partial charge is 0.248 e. The molecule has 0 saturated heterocycles. The molecule has 2 aromatic carbocycles. The quantitative estimate of drug-likeness (QED) is 0.358. The van der Waals surface area contributed by atoms with Crippen molar-refractivity contribution in [2.45, 2.75) is 25.5 Å². The van der Waals surface area contributed by atoms with Gasteiger partial charge in [0.15, 0.2) is 11.0 Å². The lowest BCUT2D eigenvalue weighted by atomic mass is 10.1. The first-order chi connectivity index (χ1) is 14.5. The van der Waals surface area contributed by atoms with Gasteiger partial charge in [0, 0.05) is 17.1 Å². The van der Waals surface area contributed by atoms with Gasteiger partial charge in [0.25, 0.3) is 0 Å². The Kier molecular flexibility index (Phi) is 7.37. The summed E-state index contributed by atoms with van der Waals surface area (Å²) in [7, 11) is 0. The number of halogens is 1. The number of amides is 1. The van der Waals surface area contributed by atoms with E-state index in [1.54, 1.807) is 24.3 Å². The molecule has 0 spiro atoms. The number of carbonyl (C=O) groups is 1. The van der Waals surface area contributed by atoms with E-state index in [0.717, 1.165) is 22.6 Å².